The molecule has 8 heteroatoms. The molecule has 8 nitrogen and oxygen atoms in total. The van der Waals surface area contributed by atoms with Crippen LogP contribution in [-0.4, -0.2) is 30.2 Å². The molecule has 28 heavy (non-hydrogen) atoms. The summed E-state index contributed by atoms with van der Waals surface area (Å²) in [5.41, 5.74) is 1.96. The summed E-state index contributed by atoms with van der Waals surface area (Å²) in [4.78, 5) is 33.4. The molecule has 0 bridgehead atoms. The average Bonchev–Trinajstić information content (AvgIpc) is 3.15. The molecule has 3 aromatic heterocycles. The van der Waals surface area contributed by atoms with Crippen LogP contribution in [0.1, 0.15) is 12.0 Å². The van der Waals surface area contributed by atoms with E-state index < -0.39 is 0 Å². The number of para-hydroxylation sites is 1. The van der Waals surface area contributed by atoms with E-state index >= 15 is 0 Å². The van der Waals surface area contributed by atoms with Gasteiger partial charge >= 0.3 is 0 Å². The van der Waals surface area contributed by atoms with Gasteiger partial charge in [0.05, 0.1) is 18.2 Å². The van der Waals surface area contributed by atoms with Gasteiger partial charge < -0.3 is 5.32 Å². The molecular formula is C20H18N6O2. The first kappa shape index (κ1) is 17.6. The van der Waals surface area contributed by atoms with Gasteiger partial charge in [-0.3, -0.25) is 14.2 Å². The summed E-state index contributed by atoms with van der Waals surface area (Å²) < 4.78 is 3.04. The molecule has 0 saturated heterocycles. The number of pyridine rings is 1. The Kier molecular flexibility index (Phi) is 4.67. The monoisotopic (exact) mass is 374 g/mol. The number of hydrogen-bond acceptors (Lipinski definition) is 5. The van der Waals surface area contributed by atoms with Crippen LogP contribution in [0.5, 0.6) is 0 Å². The van der Waals surface area contributed by atoms with E-state index in [1.54, 1.807) is 16.9 Å². The molecule has 0 aliphatic heterocycles. The first-order valence-electron chi connectivity index (χ1n) is 8.83. The Balaban J connectivity index is 1.52. The molecule has 0 spiro atoms. The molecule has 0 saturated carbocycles. The molecule has 1 amide bonds. The Morgan fingerprint density at radius 3 is 2.71 bits per heavy atom. The second-order valence-corrected chi connectivity index (χ2v) is 6.34. The summed E-state index contributed by atoms with van der Waals surface area (Å²) in [6.45, 7) is 2.09. The summed E-state index contributed by atoms with van der Waals surface area (Å²) in [7, 11) is 0. The highest BCUT2D eigenvalue weighted by molar-refractivity contribution is 5.90. The van der Waals surface area contributed by atoms with Gasteiger partial charge in [0, 0.05) is 19.2 Å². The zero-order valence-corrected chi connectivity index (χ0v) is 15.2. The highest BCUT2D eigenvalue weighted by Crippen LogP contribution is 2.13. The number of amides is 1. The van der Waals surface area contributed by atoms with Crippen molar-refractivity contribution in [1.29, 1.82) is 0 Å². The molecule has 4 aromatic rings. The van der Waals surface area contributed by atoms with Crippen molar-refractivity contribution in [2.45, 2.75) is 19.9 Å². The topological polar surface area (TPSA) is 94.7 Å². The van der Waals surface area contributed by atoms with Gasteiger partial charge in [0.15, 0.2) is 5.65 Å². The predicted molar refractivity (Wildman–Crippen MR) is 105 cm³/mol. The van der Waals surface area contributed by atoms with Gasteiger partial charge in [-0.05, 0) is 30.7 Å². The predicted octanol–water partition coefficient (Wildman–Crippen LogP) is 2.31. The third kappa shape index (κ3) is 3.39. The first-order chi connectivity index (χ1) is 13.6. The van der Waals surface area contributed by atoms with Gasteiger partial charge in [0.1, 0.15) is 11.2 Å². The number of rotatable bonds is 5. The van der Waals surface area contributed by atoms with Crippen molar-refractivity contribution < 1.29 is 4.79 Å². The van der Waals surface area contributed by atoms with E-state index in [4.69, 9.17) is 0 Å². The number of carbonyl (C=O) groups is 1. The first-order valence-corrected chi connectivity index (χ1v) is 8.83. The molecule has 0 aliphatic carbocycles. The van der Waals surface area contributed by atoms with Crippen molar-refractivity contribution in [3.63, 3.8) is 0 Å². The molecule has 4 rings (SSSR count). The highest BCUT2D eigenvalue weighted by atomic mass is 16.2. The second-order valence-electron chi connectivity index (χ2n) is 6.34. The van der Waals surface area contributed by atoms with E-state index in [1.165, 1.54) is 17.1 Å². The van der Waals surface area contributed by atoms with Crippen molar-refractivity contribution in [2.75, 3.05) is 5.32 Å². The largest absolute Gasteiger partial charge is 0.310 e. The van der Waals surface area contributed by atoms with Crippen molar-refractivity contribution in [2.24, 2.45) is 0 Å². The van der Waals surface area contributed by atoms with Gasteiger partial charge in [-0.25, -0.2) is 14.6 Å². The lowest BCUT2D eigenvalue weighted by Gasteiger charge is -2.08. The molecule has 0 aliphatic rings. The number of anilines is 1. The smallest absolute Gasteiger partial charge is 0.264 e. The Morgan fingerprint density at radius 2 is 1.93 bits per heavy atom. The maximum atomic E-state index is 12.7. The maximum Gasteiger partial charge on any atom is 0.264 e. The number of nitrogens with zero attached hydrogens (tertiary/aromatic N) is 5. The molecule has 0 radical (unpaired) electrons. The van der Waals surface area contributed by atoms with Gasteiger partial charge in [0.25, 0.3) is 5.56 Å². The van der Waals surface area contributed by atoms with Crippen LogP contribution in [0.25, 0.3) is 16.7 Å². The summed E-state index contributed by atoms with van der Waals surface area (Å²) >= 11 is 0. The van der Waals surface area contributed by atoms with Crippen LogP contribution in [0.4, 0.5) is 5.82 Å². The Morgan fingerprint density at radius 1 is 1.11 bits per heavy atom. The number of benzene rings is 1. The Hall–Kier alpha value is -3.81. The molecular weight excluding hydrogens is 356 g/mol. The van der Waals surface area contributed by atoms with E-state index in [-0.39, 0.29) is 24.4 Å². The van der Waals surface area contributed by atoms with Crippen LogP contribution < -0.4 is 10.9 Å². The number of aromatic nitrogens is 5. The van der Waals surface area contributed by atoms with Crippen LogP contribution in [0.15, 0.2) is 66.0 Å². The lowest BCUT2D eigenvalue weighted by atomic mass is 10.3. The lowest BCUT2D eigenvalue weighted by Crippen LogP contribution is -2.24. The highest BCUT2D eigenvalue weighted by Gasteiger charge is 2.12. The minimum absolute atomic E-state index is 0.135. The van der Waals surface area contributed by atoms with Crippen molar-refractivity contribution >= 4 is 22.8 Å². The van der Waals surface area contributed by atoms with E-state index in [1.807, 2.05) is 43.3 Å². The van der Waals surface area contributed by atoms with Crippen LogP contribution >= 0.6 is 0 Å². The standard InChI is InChI=1S/C20H18N6O2/c1-14-6-5-10-21-18(14)24-17(27)9-11-25-13-22-19-16(20(25)28)12-23-26(19)15-7-3-2-4-8-15/h2-8,10,12-13H,9,11H2,1H3,(H,21,24,27). The fourth-order valence-corrected chi connectivity index (χ4v) is 2.90. The third-order valence-corrected chi connectivity index (χ3v) is 4.40. The number of aryl methyl sites for hydroxylation is 2. The summed E-state index contributed by atoms with van der Waals surface area (Å²) in [6, 6.07) is 13.2. The number of nitrogens with one attached hydrogen (secondary N) is 1. The second kappa shape index (κ2) is 7.43. The van der Waals surface area contributed by atoms with Gasteiger partial charge in [-0.1, -0.05) is 24.3 Å². The van der Waals surface area contributed by atoms with E-state index in [2.05, 4.69) is 20.4 Å². The summed E-state index contributed by atoms with van der Waals surface area (Å²) in [6.07, 6.45) is 4.71. The molecule has 1 N–H and O–H groups in total. The van der Waals surface area contributed by atoms with Gasteiger partial charge in [-0.2, -0.15) is 5.10 Å². The summed E-state index contributed by atoms with van der Waals surface area (Å²) in [5.74, 6) is 0.311. The van der Waals surface area contributed by atoms with Crippen molar-refractivity contribution in [1.82, 2.24) is 24.3 Å². The Bertz CT molecular complexity index is 1200. The average molecular weight is 374 g/mol. The number of hydrogen-bond donors (Lipinski definition) is 1. The number of carbonyl (C=O) groups excluding carboxylic acids is 1. The molecule has 1 aromatic carbocycles. The minimum Gasteiger partial charge on any atom is -0.310 e. The molecule has 0 fully saturated rings. The lowest BCUT2D eigenvalue weighted by molar-refractivity contribution is -0.116. The number of fused-ring (bicyclic) bond motifs is 1. The zero-order chi connectivity index (χ0) is 19.5. The van der Waals surface area contributed by atoms with E-state index in [0.29, 0.717) is 16.9 Å². The quantitative estimate of drug-likeness (QED) is 0.578. The fourth-order valence-electron chi connectivity index (χ4n) is 2.90. The normalized spacial score (nSPS) is 10.9. The SMILES string of the molecule is Cc1cccnc1NC(=O)CCn1cnc2c(cnn2-c2ccccc2)c1=O. The summed E-state index contributed by atoms with van der Waals surface area (Å²) in [5, 5.41) is 7.45. The third-order valence-electron chi connectivity index (χ3n) is 4.40. The van der Waals surface area contributed by atoms with E-state index in [0.717, 1.165) is 11.3 Å². The Labute approximate surface area is 160 Å². The molecule has 3 heterocycles. The molecule has 0 atom stereocenters. The fraction of sp³-hybridized carbons (Fsp3) is 0.150. The van der Waals surface area contributed by atoms with Crippen molar-refractivity contribution in [3.8, 4) is 5.69 Å². The van der Waals surface area contributed by atoms with Crippen LogP contribution in [0, 0.1) is 6.92 Å². The zero-order valence-electron chi connectivity index (χ0n) is 15.2. The molecule has 140 valence electrons. The maximum absolute atomic E-state index is 12.7. The van der Waals surface area contributed by atoms with Crippen LogP contribution in [0.2, 0.25) is 0 Å². The van der Waals surface area contributed by atoms with Gasteiger partial charge in [-0.15, -0.1) is 0 Å². The minimum atomic E-state index is -0.228. The van der Waals surface area contributed by atoms with Crippen LogP contribution in [0.3, 0.4) is 0 Å². The van der Waals surface area contributed by atoms with Gasteiger partial charge in [0.2, 0.25) is 5.91 Å². The van der Waals surface area contributed by atoms with Crippen LogP contribution in [-0.2, 0) is 11.3 Å². The van der Waals surface area contributed by atoms with E-state index in [9.17, 15) is 9.59 Å². The van der Waals surface area contributed by atoms with Crippen molar-refractivity contribution in [3.05, 3.63) is 77.1 Å². The molecule has 0 unspecified atom stereocenters.